The maximum absolute atomic E-state index is 11.6. The predicted molar refractivity (Wildman–Crippen MR) is 49.9 cm³/mol. The van der Waals surface area contributed by atoms with E-state index in [1.807, 2.05) is 0 Å². The predicted octanol–water partition coefficient (Wildman–Crippen LogP) is 0.418. The monoisotopic (exact) mass is 197 g/mol. The second kappa shape index (κ2) is 3.69. The highest BCUT2D eigenvalue weighted by Gasteiger charge is 2.42. The number of nitrogens with one attached hydrogen (secondary N) is 1. The van der Waals surface area contributed by atoms with Crippen LogP contribution in [0.2, 0.25) is 0 Å². The number of carboxylic acid groups (broad SMARTS) is 1. The van der Waals surface area contributed by atoms with E-state index >= 15 is 0 Å². The maximum atomic E-state index is 11.6. The van der Waals surface area contributed by atoms with Crippen molar-refractivity contribution in [3.63, 3.8) is 0 Å². The van der Waals surface area contributed by atoms with Gasteiger partial charge in [0.1, 0.15) is 5.78 Å². The van der Waals surface area contributed by atoms with Gasteiger partial charge in [0.05, 0.1) is 5.92 Å². The first-order valence-electron chi connectivity index (χ1n) is 5.19. The van der Waals surface area contributed by atoms with Gasteiger partial charge in [-0.05, 0) is 12.8 Å². The molecule has 78 valence electrons. The third-order valence-electron chi connectivity index (χ3n) is 3.38. The zero-order chi connectivity index (χ0) is 10.1. The van der Waals surface area contributed by atoms with Gasteiger partial charge in [-0.25, -0.2) is 0 Å². The summed E-state index contributed by atoms with van der Waals surface area (Å²) < 4.78 is 0. The van der Waals surface area contributed by atoms with Crippen LogP contribution in [0.15, 0.2) is 0 Å². The molecule has 0 amide bonds. The number of hydrogen-bond donors (Lipinski definition) is 2. The van der Waals surface area contributed by atoms with Crippen molar-refractivity contribution in [2.45, 2.75) is 31.7 Å². The van der Waals surface area contributed by atoms with Gasteiger partial charge >= 0.3 is 5.97 Å². The van der Waals surface area contributed by atoms with E-state index in [9.17, 15) is 9.59 Å². The highest BCUT2D eigenvalue weighted by atomic mass is 16.4. The van der Waals surface area contributed by atoms with Crippen molar-refractivity contribution < 1.29 is 14.7 Å². The van der Waals surface area contributed by atoms with Gasteiger partial charge in [0.15, 0.2) is 0 Å². The number of carboxylic acids is 1. The summed E-state index contributed by atoms with van der Waals surface area (Å²) in [5, 5.41) is 12.2. The van der Waals surface area contributed by atoms with Crippen molar-refractivity contribution in [2.75, 3.05) is 6.54 Å². The van der Waals surface area contributed by atoms with Crippen LogP contribution in [0.5, 0.6) is 0 Å². The van der Waals surface area contributed by atoms with Crippen LogP contribution in [0.3, 0.4) is 0 Å². The quantitative estimate of drug-likeness (QED) is 0.639. The normalized spacial score (nSPS) is 37.7. The first kappa shape index (κ1) is 9.65. The molecule has 1 aliphatic carbocycles. The zero-order valence-corrected chi connectivity index (χ0v) is 8.03. The molecule has 1 saturated heterocycles. The van der Waals surface area contributed by atoms with Crippen LogP contribution >= 0.6 is 0 Å². The maximum Gasteiger partial charge on any atom is 0.308 e. The molecule has 1 aliphatic heterocycles. The summed E-state index contributed by atoms with van der Waals surface area (Å²) in [5.74, 6) is -0.918. The Morgan fingerprint density at radius 1 is 1.43 bits per heavy atom. The van der Waals surface area contributed by atoms with Crippen LogP contribution in [0.25, 0.3) is 0 Å². The largest absolute Gasteiger partial charge is 0.481 e. The molecular weight excluding hydrogens is 182 g/mol. The van der Waals surface area contributed by atoms with Crippen molar-refractivity contribution in [1.29, 1.82) is 0 Å². The highest BCUT2D eigenvalue weighted by molar-refractivity contribution is 5.84. The Morgan fingerprint density at radius 2 is 2.21 bits per heavy atom. The molecule has 1 heterocycles. The number of rotatable bonds is 1. The van der Waals surface area contributed by atoms with E-state index in [0.717, 1.165) is 12.8 Å². The molecule has 0 spiro atoms. The summed E-state index contributed by atoms with van der Waals surface area (Å²) in [5.41, 5.74) is 0. The van der Waals surface area contributed by atoms with Crippen LogP contribution in [-0.4, -0.2) is 29.4 Å². The molecule has 2 N–H and O–H groups in total. The van der Waals surface area contributed by atoms with Gasteiger partial charge in [0.2, 0.25) is 0 Å². The van der Waals surface area contributed by atoms with E-state index in [-0.39, 0.29) is 23.7 Å². The molecule has 2 rings (SSSR count). The Labute approximate surface area is 82.7 Å². The van der Waals surface area contributed by atoms with Crippen molar-refractivity contribution in [1.82, 2.24) is 5.32 Å². The number of hydrogen-bond acceptors (Lipinski definition) is 3. The third-order valence-corrected chi connectivity index (χ3v) is 3.38. The molecule has 0 aromatic rings. The summed E-state index contributed by atoms with van der Waals surface area (Å²) in [6, 6.07) is -0.109. The standard InChI is InChI=1S/C10H15NO3/c12-8-4-5-11-9-6(8)2-1-3-7(9)10(13)14/h6-7,9,11H,1-5H2,(H,13,14). The lowest BCUT2D eigenvalue weighted by Gasteiger charge is -2.39. The van der Waals surface area contributed by atoms with Gasteiger partial charge in [-0.15, -0.1) is 0 Å². The van der Waals surface area contributed by atoms with E-state index in [4.69, 9.17) is 5.11 Å². The molecule has 1 saturated carbocycles. The molecule has 0 aromatic carbocycles. The minimum atomic E-state index is -0.762. The van der Waals surface area contributed by atoms with Crippen LogP contribution in [0.1, 0.15) is 25.7 Å². The summed E-state index contributed by atoms with van der Waals surface area (Å²) >= 11 is 0. The van der Waals surface area contributed by atoms with Gasteiger partial charge in [0.25, 0.3) is 0 Å². The SMILES string of the molecule is O=C(O)C1CCCC2C(=O)CCNC12. The molecule has 0 bridgehead atoms. The van der Waals surface area contributed by atoms with Crippen LogP contribution in [0.4, 0.5) is 0 Å². The van der Waals surface area contributed by atoms with Gasteiger partial charge in [-0.1, -0.05) is 6.42 Å². The minimum Gasteiger partial charge on any atom is -0.481 e. The third kappa shape index (κ3) is 1.54. The van der Waals surface area contributed by atoms with Gasteiger partial charge in [-0.3, -0.25) is 9.59 Å². The van der Waals surface area contributed by atoms with Crippen molar-refractivity contribution in [3.8, 4) is 0 Å². The fourth-order valence-electron chi connectivity index (χ4n) is 2.67. The van der Waals surface area contributed by atoms with E-state index in [0.29, 0.717) is 19.4 Å². The highest BCUT2D eigenvalue weighted by Crippen LogP contribution is 2.32. The number of carbonyl (C=O) groups is 2. The molecule has 4 heteroatoms. The van der Waals surface area contributed by atoms with E-state index in [1.165, 1.54) is 0 Å². The van der Waals surface area contributed by atoms with Gasteiger partial charge in [-0.2, -0.15) is 0 Å². The smallest absolute Gasteiger partial charge is 0.308 e. The summed E-state index contributed by atoms with van der Waals surface area (Å²) in [7, 11) is 0. The van der Waals surface area contributed by atoms with Crippen molar-refractivity contribution in [2.24, 2.45) is 11.8 Å². The number of Topliss-reactive ketones (excluding diaryl/α,β-unsaturated/α-hetero) is 1. The Balaban J connectivity index is 2.15. The van der Waals surface area contributed by atoms with E-state index in [2.05, 4.69) is 5.32 Å². The van der Waals surface area contributed by atoms with E-state index in [1.54, 1.807) is 0 Å². The molecular formula is C10H15NO3. The zero-order valence-electron chi connectivity index (χ0n) is 8.03. The van der Waals surface area contributed by atoms with E-state index < -0.39 is 5.97 Å². The van der Waals surface area contributed by atoms with Crippen LogP contribution in [0, 0.1) is 11.8 Å². The number of fused-ring (bicyclic) bond motifs is 1. The molecule has 2 aliphatic rings. The number of carbonyl (C=O) groups excluding carboxylic acids is 1. The summed E-state index contributed by atoms with van der Waals surface area (Å²) in [6.45, 7) is 0.643. The van der Waals surface area contributed by atoms with Crippen LogP contribution in [-0.2, 0) is 9.59 Å². The lowest BCUT2D eigenvalue weighted by atomic mass is 9.72. The van der Waals surface area contributed by atoms with Crippen molar-refractivity contribution in [3.05, 3.63) is 0 Å². The molecule has 3 unspecified atom stereocenters. The number of aliphatic carboxylic acids is 1. The Bertz CT molecular complexity index is 258. The van der Waals surface area contributed by atoms with Crippen LogP contribution < -0.4 is 5.32 Å². The number of piperidine rings is 1. The first-order chi connectivity index (χ1) is 6.70. The fourth-order valence-corrected chi connectivity index (χ4v) is 2.67. The summed E-state index contributed by atoms with van der Waals surface area (Å²) in [6.07, 6.45) is 3.00. The molecule has 0 aromatic heterocycles. The molecule has 14 heavy (non-hydrogen) atoms. The molecule has 0 radical (unpaired) electrons. The Morgan fingerprint density at radius 3 is 2.93 bits per heavy atom. The van der Waals surface area contributed by atoms with Gasteiger partial charge < -0.3 is 10.4 Å². The van der Waals surface area contributed by atoms with Gasteiger partial charge in [0, 0.05) is 24.9 Å². The Kier molecular flexibility index (Phi) is 2.54. The first-order valence-corrected chi connectivity index (χ1v) is 5.19. The molecule has 2 fully saturated rings. The molecule has 4 nitrogen and oxygen atoms in total. The molecule has 3 atom stereocenters. The van der Waals surface area contributed by atoms with Crippen molar-refractivity contribution >= 4 is 11.8 Å². The fraction of sp³-hybridized carbons (Fsp3) is 0.800. The minimum absolute atomic E-state index is 0.0430. The lowest BCUT2D eigenvalue weighted by molar-refractivity contribution is -0.146. The second-order valence-electron chi connectivity index (χ2n) is 4.18. The summed E-state index contributed by atoms with van der Waals surface area (Å²) in [4.78, 5) is 22.5. The average Bonchev–Trinajstić information content (AvgIpc) is 2.17. The average molecular weight is 197 g/mol. The lowest BCUT2D eigenvalue weighted by Crippen LogP contribution is -2.54. The topological polar surface area (TPSA) is 66.4 Å². The second-order valence-corrected chi connectivity index (χ2v) is 4.18. The Hall–Kier alpha value is -0.900. The number of ketones is 1.